The van der Waals surface area contributed by atoms with Gasteiger partial charge < -0.3 is 19.6 Å². The van der Waals surface area contributed by atoms with Crippen molar-refractivity contribution in [1.82, 2.24) is 14.9 Å². The fourth-order valence-corrected chi connectivity index (χ4v) is 3.37. The lowest BCUT2D eigenvalue weighted by Crippen LogP contribution is -2.36. The molecule has 26 heavy (non-hydrogen) atoms. The number of hydrogen-bond donors (Lipinski definition) is 2. The molecule has 0 bridgehead atoms. The van der Waals surface area contributed by atoms with E-state index in [0.717, 1.165) is 48.5 Å². The van der Waals surface area contributed by atoms with Crippen molar-refractivity contribution in [1.29, 1.82) is 0 Å². The average Bonchev–Trinajstić information content (AvgIpc) is 2.63. The van der Waals surface area contributed by atoms with Crippen LogP contribution in [0.1, 0.15) is 36.0 Å². The maximum Gasteiger partial charge on any atom is 0.255 e. The number of fused-ring (bicyclic) bond motifs is 1. The molecule has 7 heteroatoms. The highest BCUT2D eigenvalue weighted by molar-refractivity contribution is 5.50. The van der Waals surface area contributed by atoms with Gasteiger partial charge in [-0.2, -0.15) is 0 Å². The van der Waals surface area contributed by atoms with Crippen LogP contribution < -0.4 is 15.0 Å². The first-order valence-electron chi connectivity index (χ1n) is 8.82. The quantitative estimate of drug-likeness (QED) is 0.820. The van der Waals surface area contributed by atoms with E-state index in [4.69, 9.17) is 9.47 Å². The highest BCUT2D eigenvalue weighted by Crippen LogP contribution is 2.35. The molecule has 1 aliphatic heterocycles. The molecule has 0 radical (unpaired) electrons. The van der Waals surface area contributed by atoms with Crippen molar-refractivity contribution in [2.24, 2.45) is 0 Å². The molecule has 2 heterocycles. The number of aryl methyl sites for hydroxylation is 1. The monoisotopic (exact) mass is 359 g/mol. The summed E-state index contributed by atoms with van der Waals surface area (Å²) in [5, 5.41) is 9.80. The fraction of sp³-hybridized carbons (Fsp3) is 0.474. The van der Waals surface area contributed by atoms with E-state index in [-0.39, 0.29) is 11.3 Å². The Kier molecular flexibility index (Phi) is 5.46. The smallest absolute Gasteiger partial charge is 0.255 e. The molecule has 1 aliphatic rings. The van der Waals surface area contributed by atoms with Gasteiger partial charge in [-0.1, -0.05) is 6.92 Å². The lowest BCUT2D eigenvalue weighted by molar-refractivity contribution is 0.233. The Balaban J connectivity index is 1.86. The lowest BCUT2D eigenvalue weighted by Gasteiger charge is -2.28. The number of nitrogens with zero attached hydrogens (tertiary/aromatic N) is 2. The van der Waals surface area contributed by atoms with Gasteiger partial charge in [0.1, 0.15) is 23.1 Å². The number of phenolic OH excluding ortho intramolecular Hbond substituents is 1. The topological polar surface area (TPSA) is 87.7 Å². The van der Waals surface area contributed by atoms with Crippen molar-refractivity contribution >= 4 is 0 Å². The van der Waals surface area contributed by atoms with E-state index in [2.05, 4.69) is 21.8 Å². The van der Waals surface area contributed by atoms with Crippen LogP contribution in [0, 0.1) is 0 Å². The second kappa shape index (κ2) is 7.78. The first-order valence-corrected chi connectivity index (χ1v) is 8.82. The van der Waals surface area contributed by atoms with Gasteiger partial charge in [0.15, 0.2) is 0 Å². The number of aromatic hydroxyl groups is 1. The van der Waals surface area contributed by atoms with Crippen molar-refractivity contribution in [2.45, 2.75) is 39.3 Å². The molecule has 2 N–H and O–H groups in total. The summed E-state index contributed by atoms with van der Waals surface area (Å²) in [6.07, 6.45) is 2.47. The van der Waals surface area contributed by atoms with Crippen molar-refractivity contribution in [3.8, 4) is 17.2 Å². The molecule has 0 atom stereocenters. The van der Waals surface area contributed by atoms with Gasteiger partial charge in [0.05, 0.1) is 31.0 Å². The minimum atomic E-state index is -0.0483. The summed E-state index contributed by atoms with van der Waals surface area (Å²) in [6, 6.07) is 3.14. The average molecular weight is 359 g/mol. The van der Waals surface area contributed by atoms with E-state index in [1.165, 1.54) is 0 Å². The SMILES string of the molecule is CCCc1nc2c(c(=O)[nH]1)CN(Cc1c(OC)cc(O)cc1OC)CC2. The number of aromatic amines is 1. The molecule has 2 aromatic rings. The summed E-state index contributed by atoms with van der Waals surface area (Å²) in [7, 11) is 3.13. The molecule has 0 saturated heterocycles. The fourth-order valence-electron chi connectivity index (χ4n) is 3.37. The molecular weight excluding hydrogens is 334 g/mol. The molecule has 0 fully saturated rings. The van der Waals surface area contributed by atoms with Crippen LogP contribution in [0.25, 0.3) is 0 Å². The largest absolute Gasteiger partial charge is 0.508 e. The number of methoxy groups -OCH3 is 2. The summed E-state index contributed by atoms with van der Waals surface area (Å²) in [5.41, 5.74) is 2.43. The predicted octanol–water partition coefficient (Wildman–Crippen LogP) is 2.00. The van der Waals surface area contributed by atoms with Crippen LogP contribution in [0.15, 0.2) is 16.9 Å². The van der Waals surface area contributed by atoms with Gasteiger partial charge in [0.25, 0.3) is 5.56 Å². The molecule has 0 aliphatic carbocycles. The number of phenols is 1. The van der Waals surface area contributed by atoms with Gasteiger partial charge in [-0.15, -0.1) is 0 Å². The van der Waals surface area contributed by atoms with E-state index in [1.807, 2.05) is 0 Å². The minimum absolute atomic E-state index is 0.0483. The molecule has 1 aromatic heterocycles. The minimum Gasteiger partial charge on any atom is -0.508 e. The Hall–Kier alpha value is -2.54. The zero-order chi connectivity index (χ0) is 18.7. The molecule has 1 aromatic carbocycles. The third-order valence-corrected chi connectivity index (χ3v) is 4.66. The number of nitrogens with one attached hydrogen (secondary N) is 1. The molecule has 7 nitrogen and oxygen atoms in total. The Morgan fingerprint density at radius 1 is 1.27 bits per heavy atom. The number of aromatic nitrogens is 2. The Morgan fingerprint density at radius 2 is 1.96 bits per heavy atom. The molecule has 0 unspecified atom stereocenters. The standard InChI is InChI=1S/C19H25N3O4/c1-4-5-18-20-15-6-7-22(10-13(15)19(24)21-18)11-14-16(25-2)8-12(23)9-17(14)26-3/h8-9,23H,4-7,10-11H2,1-3H3,(H,20,21,24). The zero-order valence-electron chi connectivity index (χ0n) is 15.5. The van der Waals surface area contributed by atoms with E-state index in [0.29, 0.717) is 24.6 Å². The van der Waals surface area contributed by atoms with Gasteiger partial charge in [0.2, 0.25) is 0 Å². The van der Waals surface area contributed by atoms with E-state index < -0.39 is 0 Å². The lowest BCUT2D eigenvalue weighted by atomic mass is 10.0. The van der Waals surface area contributed by atoms with Crippen LogP contribution in [-0.2, 0) is 25.9 Å². The van der Waals surface area contributed by atoms with Gasteiger partial charge in [-0.25, -0.2) is 4.98 Å². The van der Waals surface area contributed by atoms with Crippen LogP contribution >= 0.6 is 0 Å². The maximum absolute atomic E-state index is 12.4. The first-order chi connectivity index (χ1) is 12.5. The zero-order valence-corrected chi connectivity index (χ0v) is 15.5. The van der Waals surface area contributed by atoms with Crippen LogP contribution in [-0.4, -0.2) is 40.7 Å². The summed E-state index contributed by atoms with van der Waals surface area (Å²) in [6.45, 7) is 3.95. The van der Waals surface area contributed by atoms with Crippen LogP contribution in [0.2, 0.25) is 0 Å². The highest BCUT2D eigenvalue weighted by atomic mass is 16.5. The molecular formula is C19H25N3O4. The first kappa shape index (κ1) is 18.3. The predicted molar refractivity (Wildman–Crippen MR) is 97.9 cm³/mol. The number of ether oxygens (including phenoxy) is 2. The van der Waals surface area contributed by atoms with Crippen molar-refractivity contribution in [2.75, 3.05) is 20.8 Å². The van der Waals surface area contributed by atoms with Crippen molar-refractivity contribution in [3.63, 3.8) is 0 Å². The summed E-state index contributed by atoms with van der Waals surface area (Å²) >= 11 is 0. The Morgan fingerprint density at radius 3 is 2.58 bits per heavy atom. The van der Waals surface area contributed by atoms with Crippen LogP contribution in [0.3, 0.4) is 0 Å². The van der Waals surface area contributed by atoms with Gasteiger partial charge in [-0.05, 0) is 6.42 Å². The number of hydrogen-bond acceptors (Lipinski definition) is 6. The highest BCUT2D eigenvalue weighted by Gasteiger charge is 2.23. The van der Waals surface area contributed by atoms with Crippen molar-refractivity contribution in [3.05, 3.63) is 45.1 Å². The summed E-state index contributed by atoms with van der Waals surface area (Å²) in [4.78, 5) is 22.1. The van der Waals surface area contributed by atoms with Crippen LogP contribution in [0.4, 0.5) is 0 Å². The number of H-pyrrole nitrogens is 1. The second-order valence-electron chi connectivity index (χ2n) is 6.48. The van der Waals surface area contributed by atoms with E-state index >= 15 is 0 Å². The molecule has 0 spiro atoms. The number of rotatable bonds is 6. The molecule has 140 valence electrons. The second-order valence-corrected chi connectivity index (χ2v) is 6.48. The summed E-state index contributed by atoms with van der Waals surface area (Å²) < 4.78 is 10.8. The third-order valence-electron chi connectivity index (χ3n) is 4.66. The van der Waals surface area contributed by atoms with Gasteiger partial charge in [0, 0.05) is 44.6 Å². The third kappa shape index (κ3) is 3.67. The van der Waals surface area contributed by atoms with Crippen molar-refractivity contribution < 1.29 is 14.6 Å². The van der Waals surface area contributed by atoms with Crippen LogP contribution in [0.5, 0.6) is 17.2 Å². The summed E-state index contributed by atoms with van der Waals surface area (Å²) in [5.74, 6) is 2.00. The maximum atomic E-state index is 12.4. The Bertz CT molecular complexity index is 822. The number of benzene rings is 1. The Labute approximate surface area is 152 Å². The molecule has 3 rings (SSSR count). The molecule has 0 amide bonds. The normalized spacial score (nSPS) is 14.1. The van der Waals surface area contributed by atoms with Gasteiger partial charge >= 0.3 is 0 Å². The van der Waals surface area contributed by atoms with E-state index in [9.17, 15) is 9.90 Å². The van der Waals surface area contributed by atoms with E-state index in [1.54, 1.807) is 26.4 Å². The molecule has 0 saturated carbocycles. The van der Waals surface area contributed by atoms with Gasteiger partial charge in [-0.3, -0.25) is 9.69 Å².